The lowest BCUT2D eigenvalue weighted by Crippen LogP contribution is -2.28. The summed E-state index contributed by atoms with van der Waals surface area (Å²) < 4.78 is 6.70. The SMILES string of the molecule is CC1(C)c2ccccc2-c2ccc(N(c3ccc(C4=CC5c6c(ccc7c6oc6ccccc67)N(c6ccccc6)C5C=C4)cc3)c3ccc(-c4ccccc4)cc3)cc21. The van der Waals surface area contributed by atoms with Crippen molar-refractivity contribution in [1.29, 1.82) is 0 Å². The third kappa shape index (κ3) is 5.29. The summed E-state index contributed by atoms with van der Waals surface area (Å²) in [7, 11) is 0. The minimum Gasteiger partial charge on any atom is -0.456 e. The van der Waals surface area contributed by atoms with Gasteiger partial charge in [-0.25, -0.2) is 0 Å². The van der Waals surface area contributed by atoms with Crippen LogP contribution >= 0.6 is 0 Å². The van der Waals surface area contributed by atoms with Crippen molar-refractivity contribution in [3.05, 3.63) is 229 Å². The summed E-state index contributed by atoms with van der Waals surface area (Å²) in [5, 5.41) is 2.33. The average Bonchev–Trinajstić information content (AvgIpc) is 3.92. The molecule has 2 atom stereocenters. The highest BCUT2D eigenvalue weighted by atomic mass is 16.3. The number of nitrogens with zero attached hydrogens (tertiary/aromatic N) is 2. The van der Waals surface area contributed by atoms with Crippen LogP contribution in [0.5, 0.6) is 0 Å². The van der Waals surface area contributed by atoms with E-state index in [-0.39, 0.29) is 17.4 Å². The molecule has 2 aliphatic carbocycles. The van der Waals surface area contributed by atoms with E-state index in [1.54, 1.807) is 0 Å². The second kappa shape index (κ2) is 13.3. The number of hydrogen-bond donors (Lipinski definition) is 0. The van der Waals surface area contributed by atoms with Gasteiger partial charge in [0, 0.05) is 56.1 Å². The summed E-state index contributed by atoms with van der Waals surface area (Å²) in [4.78, 5) is 4.89. The van der Waals surface area contributed by atoms with E-state index in [0.29, 0.717) is 0 Å². The highest BCUT2D eigenvalue weighted by molar-refractivity contribution is 6.08. The van der Waals surface area contributed by atoms with E-state index in [2.05, 4.69) is 230 Å². The standard InChI is InChI=1S/C57H42N2O/c1-57(2)50-19-11-9-17-45(50)46-31-30-44(36-51(46)57)58(42-26-21-38(22-27-42)37-13-5-3-6-14-37)43-28-23-39(24-29-43)40-25-33-52-49(35-40)55-53(59(52)41-15-7-4-8-16-41)34-32-48-47-18-10-12-20-54(47)60-56(48)55/h3-36,49,52H,1-2H3. The Bertz CT molecular complexity index is 3170. The Labute approximate surface area is 350 Å². The fraction of sp³-hybridized carbons (Fsp3) is 0.0877. The van der Waals surface area contributed by atoms with Gasteiger partial charge in [0.1, 0.15) is 11.2 Å². The minimum atomic E-state index is -0.102. The number of rotatable bonds is 6. The van der Waals surface area contributed by atoms with Crippen LogP contribution in [0.25, 0.3) is 49.8 Å². The molecule has 0 radical (unpaired) electrons. The third-order valence-corrected chi connectivity index (χ3v) is 13.2. The highest BCUT2D eigenvalue weighted by Gasteiger charge is 2.41. The topological polar surface area (TPSA) is 19.6 Å². The molecule has 0 N–H and O–H groups in total. The first-order valence-electron chi connectivity index (χ1n) is 21.0. The molecule has 2 unspecified atom stereocenters. The summed E-state index contributed by atoms with van der Waals surface area (Å²) in [5.74, 6) is 0.114. The van der Waals surface area contributed by atoms with Crippen molar-refractivity contribution in [1.82, 2.24) is 0 Å². The largest absolute Gasteiger partial charge is 0.456 e. The van der Waals surface area contributed by atoms with E-state index in [9.17, 15) is 0 Å². The molecule has 0 spiro atoms. The van der Waals surface area contributed by atoms with E-state index < -0.39 is 0 Å². The first kappa shape index (κ1) is 34.7. The lowest BCUT2D eigenvalue weighted by molar-refractivity contribution is 0.656. The Balaban J connectivity index is 0.949. The summed E-state index contributed by atoms with van der Waals surface area (Å²) in [6, 6.07) is 68.5. The van der Waals surface area contributed by atoms with Gasteiger partial charge in [-0.2, -0.15) is 0 Å². The molecule has 60 heavy (non-hydrogen) atoms. The van der Waals surface area contributed by atoms with Crippen LogP contribution in [0.1, 0.15) is 42.0 Å². The maximum atomic E-state index is 6.70. The smallest absolute Gasteiger partial charge is 0.141 e. The lowest BCUT2D eigenvalue weighted by Gasteiger charge is -2.30. The first-order valence-corrected chi connectivity index (χ1v) is 21.0. The molecule has 1 aromatic heterocycles. The van der Waals surface area contributed by atoms with Gasteiger partial charge in [-0.1, -0.05) is 153 Å². The summed E-state index contributed by atoms with van der Waals surface area (Å²) >= 11 is 0. The summed E-state index contributed by atoms with van der Waals surface area (Å²) in [6.45, 7) is 4.71. The molecule has 1 aliphatic heterocycles. The Morgan fingerprint density at radius 2 is 1.17 bits per heavy atom. The van der Waals surface area contributed by atoms with Gasteiger partial charge in [-0.3, -0.25) is 0 Å². The van der Waals surface area contributed by atoms with Gasteiger partial charge in [0.05, 0.1) is 6.04 Å². The zero-order valence-electron chi connectivity index (χ0n) is 33.6. The van der Waals surface area contributed by atoms with Crippen molar-refractivity contribution in [2.24, 2.45) is 0 Å². The van der Waals surface area contributed by atoms with Crippen molar-refractivity contribution in [3.63, 3.8) is 0 Å². The quantitative estimate of drug-likeness (QED) is 0.168. The fourth-order valence-electron chi connectivity index (χ4n) is 10.3. The average molecular weight is 771 g/mol. The molecule has 0 saturated carbocycles. The molecule has 286 valence electrons. The van der Waals surface area contributed by atoms with Gasteiger partial charge in [-0.15, -0.1) is 0 Å². The van der Waals surface area contributed by atoms with Crippen LogP contribution < -0.4 is 9.80 Å². The van der Waals surface area contributed by atoms with Crippen LogP contribution in [0.2, 0.25) is 0 Å². The Morgan fingerprint density at radius 3 is 1.95 bits per heavy atom. The number of benzene rings is 8. The molecule has 3 aliphatic rings. The molecule has 0 bridgehead atoms. The molecule has 8 aromatic carbocycles. The van der Waals surface area contributed by atoms with Crippen LogP contribution in [0.3, 0.4) is 0 Å². The van der Waals surface area contributed by atoms with E-state index in [1.807, 2.05) is 0 Å². The maximum absolute atomic E-state index is 6.70. The zero-order chi connectivity index (χ0) is 40.0. The lowest BCUT2D eigenvalue weighted by atomic mass is 9.82. The van der Waals surface area contributed by atoms with Crippen molar-refractivity contribution in [3.8, 4) is 22.3 Å². The van der Waals surface area contributed by atoms with Gasteiger partial charge in [0.15, 0.2) is 0 Å². The van der Waals surface area contributed by atoms with Gasteiger partial charge in [0.2, 0.25) is 0 Å². The van der Waals surface area contributed by atoms with Crippen molar-refractivity contribution in [2.45, 2.75) is 31.2 Å². The third-order valence-electron chi connectivity index (χ3n) is 13.2. The van der Waals surface area contributed by atoms with Gasteiger partial charge >= 0.3 is 0 Å². The highest BCUT2D eigenvalue weighted by Crippen LogP contribution is 2.54. The van der Waals surface area contributed by atoms with Crippen LogP contribution in [-0.4, -0.2) is 6.04 Å². The van der Waals surface area contributed by atoms with Crippen molar-refractivity contribution < 1.29 is 4.42 Å². The Hall–Kier alpha value is -7.36. The number of furan rings is 1. The van der Waals surface area contributed by atoms with E-state index in [1.165, 1.54) is 66.8 Å². The molecule has 9 aromatic rings. The Morgan fingerprint density at radius 1 is 0.533 bits per heavy atom. The molecular weight excluding hydrogens is 729 g/mol. The van der Waals surface area contributed by atoms with Crippen molar-refractivity contribution >= 4 is 55.9 Å². The number of hydrogen-bond acceptors (Lipinski definition) is 3. The molecule has 3 nitrogen and oxygen atoms in total. The number of para-hydroxylation sites is 2. The number of anilines is 5. The van der Waals surface area contributed by atoms with Crippen LogP contribution in [0.15, 0.2) is 211 Å². The minimum absolute atomic E-state index is 0.102. The normalized spacial score (nSPS) is 17.0. The summed E-state index contributed by atoms with van der Waals surface area (Å²) in [5.41, 5.74) is 19.0. The van der Waals surface area contributed by atoms with Crippen molar-refractivity contribution in [2.75, 3.05) is 9.80 Å². The number of allylic oxidation sites excluding steroid dienone is 2. The monoisotopic (exact) mass is 770 g/mol. The fourth-order valence-corrected chi connectivity index (χ4v) is 10.3. The van der Waals surface area contributed by atoms with Gasteiger partial charge in [-0.05, 0) is 111 Å². The maximum Gasteiger partial charge on any atom is 0.141 e. The molecule has 3 heteroatoms. The second-order valence-electron chi connectivity index (χ2n) is 16.9. The molecular formula is C57H42N2O. The zero-order valence-corrected chi connectivity index (χ0v) is 33.6. The predicted molar refractivity (Wildman–Crippen MR) is 250 cm³/mol. The molecule has 0 saturated heterocycles. The van der Waals surface area contributed by atoms with Crippen LogP contribution in [-0.2, 0) is 5.41 Å². The first-order chi connectivity index (χ1) is 29.5. The van der Waals surface area contributed by atoms with E-state index in [4.69, 9.17) is 4.42 Å². The summed E-state index contributed by atoms with van der Waals surface area (Å²) in [6.07, 6.45) is 7.17. The second-order valence-corrected chi connectivity index (χ2v) is 16.9. The van der Waals surface area contributed by atoms with Gasteiger partial charge in [0.25, 0.3) is 0 Å². The Kier molecular flexibility index (Phi) is 7.71. The molecule has 2 heterocycles. The van der Waals surface area contributed by atoms with Gasteiger partial charge < -0.3 is 14.2 Å². The van der Waals surface area contributed by atoms with Crippen LogP contribution in [0, 0.1) is 0 Å². The van der Waals surface area contributed by atoms with E-state index in [0.717, 1.165) is 33.6 Å². The molecule has 0 fully saturated rings. The molecule has 12 rings (SSSR count). The van der Waals surface area contributed by atoms with Crippen LogP contribution in [0.4, 0.5) is 28.4 Å². The number of fused-ring (bicyclic) bond motifs is 10. The molecule has 0 amide bonds. The van der Waals surface area contributed by atoms with E-state index >= 15 is 0 Å². The predicted octanol–water partition coefficient (Wildman–Crippen LogP) is 15.3.